The Hall–Kier alpha value is -1.38. The second kappa shape index (κ2) is 3.14. The van der Waals surface area contributed by atoms with Crippen LogP contribution >= 0.6 is 0 Å². The molecule has 0 radical (unpaired) electrons. The molecule has 0 unspecified atom stereocenters. The molecule has 0 heterocycles. The third-order valence-electron chi connectivity index (χ3n) is 0.589. The van der Waals surface area contributed by atoms with Gasteiger partial charge in [-0.25, -0.2) is 0 Å². The highest BCUT2D eigenvalue weighted by molar-refractivity contribution is 6.63. The molecular formula is C2H6N2O6Si. The normalized spacial score (nSPS) is 10.4. The fourth-order valence-electron chi connectivity index (χ4n) is 0.376. The first-order valence-electron chi connectivity index (χ1n) is 2.50. The minimum Gasteiger partial charge on any atom is -0.334 e. The average molecular weight is 182 g/mol. The number of hydrogen-bond donors (Lipinski definition) is 0. The highest BCUT2D eigenvalue weighted by Gasteiger charge is 2.32. The molecule has 0 aliphatic carbocycles. The van der Waals surface area contributed by atoms with E-state index in [0.29, 0.717) is 0 Å². The van der Waals surface area contributed by atoms with E-state index in [-0.39, 0.29) is 0 Å². The topological polar surface area (TPSA) is 105 Å². The fraction of sp³-hybridized carbons (Fsp3) is 1.00. The van der Waals surface area contributed by atoms with E-state index in [1.807, 2.05) is 0 Å². The predicted molar refractivity (Wildman–Crippen MR) is 33.6 cm³/mol. The molecule has 0 aromatic rings. The van der Waals surface area contributed by atoms with Crippen molar-refractivity contribution >= 4 is 8.56 Å². The predicted octanol–water partition coefficient (Wildman–Crippen LogP) is 0.105. The van der Waals surface area contributed by atoms with E-state index in [0.717, 1.165) is 0 Å². The zero-order valence-electron chi connectivity index (χ0n) is 5.84. The summed E-state index contributed by atoms with van der Waals surface area (Å²) in [6.45, 7) is 2.39. The van der Waals surface area contributed by atoms with E-state index >= 15 is 0 Å². The first-order chi connectivity index (χ1) is 4.83. The first kappa shape index (κ1) is 9.62. The standard InChI is InChI=1S/C2H6N2O6Si/c1-11(2,9-3(5)6)10-4(7)8/h1-2H3. The summed E-state index contributed by atoms with van der Waals surface area (Å²) in [5.74, 6) is 0. The van der Waals surface area contributed by atoms with Crippen molar-refractivity contribution in [2.75, 3.05) is 0 Å². The molecular weight excluding hydrogens is 176 g/mol. The summed E-state index contributed by atoms with van der Waals surface area (Å²) in [5.41, 5.74) is 0. The molecule has 0 saturated carbocycles. The van der Waals surface area contributed by atoms with Crippen molar-refractivity contribution in [1.82, 2.24) is 0 Å². The maximum Gasteiger partial charge on any atom is 0.437 e. The molecule has 0 aliphatic rings. The molecule has 0 saturated heterocycles. The second-order valence-electron chi connectivity index (χ2n) is 2.03. The van der Waals surface area contributed by atoms with Crippen LogP contribution in [0.1, 0.15) is 0 Å². The summed E-state index contributed by atoms with van der Waals surface area (Å²) in [5, 5.41) is 17.2. The number of nitrogens with zero attached hydrogens (tertiary/aromatic N) is 2. The third kappa shape index (κ3) is 5.08. The summed E-state index contributed by atoms with van der Waals surface area (Å²) in [4.78, 5) is 19.4. The van der Waals surface area contributed by atoms with Gasteiger partial charge >= 0.3 is 8.56 Å². The highest BCUT2D eigenvalue weighted by Crippen LogP contribution is 2.05. The Bertz CT molecular complexity index is 161. The Morgan fingerprint density at radius 1 is 1.09 bits per heavy atom. The molecule has 64 valence electrons. The summed E-state index contributed by atoms with van der Waals surface area (Å²) in [6, 6.07) is 0. The van der Waals surface area contributed by atoms with Crippen LogP contribution in [0.15, 0.2) is 0 Å². The number of rotatable bonds is 4. The quantitative estimate of drug-likeness (QED) is 0.347. The van der Waals surface area contributed by atoms with Gasteiger partial charge < -0.3 is 9.05 Å². The van der Waals surface area contributed by atoms with Crippen LogP contribution in [0.5, 0.6) is 0 Å². The fourth-order valence-corrected chi connectivity index (χ4v) is 1.13. The summed E-state index contributed by atoms with van der Waals surface area (Å²) >= 11 is 0. The monoisotopic (exact) mass is 182 g/mol. The Morgan fingerprint density at radius 3 is 1.55 bits per heavy atom. The maximum absolute atomic E-state index is 9.71. The molecule has 8 nitrogen and oxygen atoms in total. The second-order valence-corrected chi connectivity index (χ2v) is 5.19. The molecule has 0 amide bonds. The van der Waals surface area contributed by atoms with E-state index < -0.39 is 18.7 Å². The minimum absolute atomic E-state index is 1.10. The van der Waals surface area contributed by atoms with Gasteiger partial charge in [-0.15, -0.1) is 20.2 Å². The largest absolute Gasteiger partial charge is 0.437 e. The van der Waals surface area contributed by atoms with E-state index in [1.54, 1.807) is 0 Å². The smallest absolute Gasteiger partial charge is 0.334 e. The molecule has 11 heavy (non-hydrogen) atoms. The van der Waals surface area contributed by atoms with Gasteiger partial charge in [-0.2, -0.15) is 0 Å². The third-order valence-corrected chi connectivity index (χ3v) is 1.77. The highest BCUT2D eigenvalue weighted by atomic mass is 28.4. The minimum atomic E-state index is -3.23. The molecule has 0 aromatic carbocycles. The Kier molecular flexibility index (Phi) is 2.75. The van der Waals surface area contributed by atoms with Gasteiger partial charge in [0.05, 0.1) is 0 Å². The summed E-state index contributed by atoms with van der Waals surface area (Å²) in [7, 11) is -3.23. The zero-order valence-corrected chi connectivity index (χ0v) is 6.84. The molecule has 0 fully saturated rings. The lowest BCUT2D eigenvalue weighted by molar-refractivity contribution is -0.763. The van der Waals surface area contributed by atoms with Crippen LogP contribution in [0.3, 0.4) is 0 Å². The molecule has 0 aliphatic heterocycles. The van der Waals surface area contributed by atoms with Crippen LogP contribution in [-0.4, -0.2) is 18.7 Å². The van der Waals surface area contributed by atoms with Crippen LogP contribution < -0.4 is 0 Å². The lowest BCUT2D eigenvalue weighted by Gasteiger charge is -2.14. The molecule has 0 rings (SSSR count). The van der Waals surface area contributed by atoms with Crippen molar-refractivity contribution in [3.63, 3.8) is 0 Å². The molecule has 0 spiro atoms. The van der Waals surface area contributed by atoms with E-state index in [4.69, 9.17) is 0 Å². The van der Waals surface area contributed by atoms with Gasteiger partial charge in [-0.3, -0.25) is 0 Å². The van der Waals surface area contributed by atoms with Crippen molar-refractivity contribution in [3.8, 4) is 0 Å². The van der Waals surface area contributed by atoms with E-state index in [9.17, 15) is 20.2 Å². The Labute approximate surface area is 62.2 Å². The van der Waals surface area contributed by atoms with Gasteiger partial charge in [-0.1, -0.05) is 0 Å². The van der Waals surface area contributed by atoms with Crippen molar-refractivity contribution < 1.29 is 19.2 Å². The van der Waals surface area contributed by atoms with Crippen molar-refractivity contribution in [2.24, 2.45) is 0 Å². The molecule has 0 N–H and O–H groups in total. The van der Waals surface area contributed by atoms with Gasteiger partial charge in [0.2, 0.25) is 0 Å². The molecule has 0 bridgehead atoms. The van der Waals surface area contributed by atoms with Crippen molar-refractivity contribution in [1.29, 1.82) is 0 Å². The van der Waals surface area contributed by atoms with Crippen LogP contribution in [0, 0.1) is 20.2 Å². The lowest BCUT2D eigenvalue weighted by Crippen LogP contribution is -2.38. The van der Waals surface area contributed by atoms with Gasteiger partial charge in [-0.05, 0) is 13.1 Å². The average Bonchev–Trinajstić information content (AvgIpc) is 1.53. The van der Waals surface area contributed by atoms with E-state index in [1.165, 1.54) is 13.1 Å². The van der Waals surface area contributed by atoms with Crippen LogP contribution in [-0.2, 0) is 9.05 Å². The summed E-state index contributed by atoms with van der Waals surface area (Å²) in [6.07, 6.45) is 0. The first-order valence-corrected chi connectivity index (χ1v) is 5.32. The SMILES string of the molecule is C[Si](C)(O[N+](=O)[O-])O[N+](=O)[O-]. The van der Waals surface area contributed by atoms with Crippen molar-refractivity contribution in [3.05, 3.63) is 20.2 Å². The van der Waals surface area contributed by atoms with Gasteiger partial charge in [0.1, 0.15) is 0 Å². The Morgan fingerprint density at radius 2 is 1.36 bits per heavy atom. The Balaban J connectivity index is 3.99. The molecule has 0 atom stereocenters. The van der Waals surface area contributed by atoms with Crippen LogP contribution in [0.2, 0.25) is 13.1 Å². The van der Waals surface area contributed by atoms with Gasteiger partial charge in [0, 0.05) is 0 Å². The maximum atomic E-state index is 9.71. The summed E-state index contributed by atoms with van der Waals surface area (Å²) < 4.78 is 7.89. The van der Waals surface area contributed by atoms with E-state index in [2.05, 4.69) is 9.05 Å². The van der Waals surface area contributed by atoms with Crippen LogP contribution in [0.4, 0.5) is 0 Å². The van der Waals surface area contributed by atoms with Gasteiger partial charge in [0.25, 0.3) is 10.2 Å². The zero-order chi connectivity index (χ0) is 9.07. The molecule has 0 aromatic heterocycles. The van der Waals surface area contributed by atoms with Gasteiger partial charge in [0.15, 0.2) is 0 Å². The van der Waals surface area contributed by atoms with Crippen LogP contribution in [0.25, 0.3) is 0 Å². The lowest BCUT2D eigenvalue weighted by atomic mass is 11.9. The number of hydrogen-bond acceptors (Lipinski definition) is 6. The molecule has 9 heteroatoms. The van der Waals surface area contributed by atoms with Crippen molar-refractivity contribution in [2.45, 2.75) is 13.1 Å².